The summed E-state index contributed by atoms with van der Waals surface area (Å²) in [4.78, 5) is 4.81. The molecule has 2 aliphatic rings. The van der Waals surface area contributed by atoms with Gasteiger partial charge in [-0.15, -0.1) is 0 Å². The van der Waals surface area contributed by atoms with E-state index in [1.807, 2.05) is 6.07 Å². The Morgan fingerprint density at radius 2 is 2.11 bits per heavy atom. The SMILES string of the molecule is CN(C)CC1CCCN1C1Cc2ccccc2C1O. The second-order valence-corrected chi connectivity index (χ2v) is 6.21. The molecule has 3 nitrogen and oxygen atoms in total. The Morgan fingerprint density at radius 1 is 1.32 bits per heavy atom. The maximum atomic E-state index is 10.6. The minimum Gasteiger partial charge on any atom is -0.387 e. The van der Waals surface area contributed by atoms with Crippen molar-refractivity contribution >= 4 is 0 Å². The number of aliphatic hydroxyl groups excluding tert-OH is 1. The van der Waals surface area contributed by atoms with E-state index in [1.165, 1.54) is 18.4 Å². The Bertz CT molecular complexity index is 446. The summed E-state index contributed by atoms with van der Waals surface area (Å²) < 4.78 is 0. The van der Waals surface area contributed by atoms with Crippen molar-refractivity contribution in [3.63, 3.8) is 0 Å². The van der Waals surface area contributed by atoms with Crippen LogP contribution in [0.4, 0.5) is 0 Å². The number of likely N-dealkylation sites (N-methyl/N-ethyl adjacent to an activating group) is 1. The highest BCUT2D eigenvalue weighted by Crippen LogP contribution is 2.37. The molecule has 104 valence electrons. The molecule has 1 aliphatic carbocycles. The summed E-state index contributed by atoms with van der Waals surface area (Å²) in [6.45, 7) is 2.23. The van der Waals surface area contributed by atoms with Crippen LogP contribution in [0.5, 0.6) is 0 Å². The lowest BCUT2D eigenvalue weighted by Crippen LogP contribution is -2.45. The van der Waals surface area contributed by atoms with Crippen LogP contribution in [0.1, 0.15) is 30.1 Å². The Morgan fingerprint density at radius 3 is 2.84 bits per heavy atom. The third kappa shape index (κ3) is 2.42. The lowest BCUT2D eigenvalue weighted by molar-refractivity contribution is 0.0467. The Balaban J connectivity index is 1.77. The highest BCUT2D eigenvalue weighted by molar-refractivity contribution is 5.36. The number of hydrogen-bond acceptors (Lipinski definition) is 3. The fourth-order valence-electron chi connectivity index (χ4n) is 3.76. The number of likely N-dealkylation sites (tertiary alicyclic amines) is 1. The van der Waals surface area contributed by atoms with E-state index in [2.05, 4.69) is 42.1 Å². The van der Waals surface area contributed by atoms with Crippen molar-refractivity contribution in [1.29, 1.82) is 0 Å². The summed E-state index contributed by atoms with van der Waals surface area (Å²) in [7, 11) is 4.27. The van der Waals surface area contributed by atoms with Crippen LogP contribution >= 0.6 is 0 Å². The highest BCUT2D eigenvalue weighted by Gasteiger charge is 2.39. The highest BCUT2D eigenvalue weighted by atomic mass is 16.3. The van der Waals surface area contributed by atoms with Crippen LogP contribution in [0.15, 0.2) is 24.3 Å². The number of nitrogens with zero attached hydrogens (tertiary/aromatic N) is 2. The van der Waals surface area contributed by atoms with Crippen molar-refractivity contribution in [3.05, 3.63) is 35.4 Å². The summed E-state index contributed by atoms with van der Waals surface area (Å²) in [5, 5.41) is 10.6. The van der Waals surface area contributed by atoms with E-state index >= 15 is 0 Å². The Hall–Kier alpha value is -0.900. The zero-order valence-corrected chi connectivity index (χ0v) is 11.9. The van der Waals surface area contributed by atoms with Gasteiger partial charge in [0, 0.05) is 18.6 Å². The van der Waals surface area contributed by atoms with Gasteiger partial charge in [-0.05, 0) is 51.0 Å². The van der Waals surface area contributed by atoms with Gasteiger partial charge in [-0.1, -0.05) is 24.3 Å². The predicted molar refractivity (Wildman–Crippen MR) is 77.2 cm³/mol. The quantitative estimate of drug-likeness (QED) is 0.895. The summed E-state index contributed by atoms with van der Waals surface area (Å²) >= 11 is 0. The van der Waals surface area contributed by atoms with Crippen molar-refractivity contribution in [3.8, 4) is 0 Å². The molecule has 1 aromatic carbocycles. The molecule has 1 fully saturated rings. The van der Waals surface area contributed by atoms with Crippen molar-refractivity contribution in [2.45, 2.75) is 37.5 Å². The van der Waals surface area contributed by atoms with Crippen LogP contribution < -0.4 is 0 Å². The molecule has 3 unspecified atom stereocenters. The summed E-state index contributed by atoms with van der Waals surface area (Å²) in [5.41, 5.74) is 2.47. The fourth-order valence-corrected chi connectivity index (χ4v) is 3.76. The average Bonchev–Trinajstić information content (AvgIpc) is 2.94. The zero-order chi connectivity index (χ0) is 13.4. The van der Waals surface area contributed by atoms with Crippen molar-refractivity contribution in [1.82, 2.24) is 9.80 Å². The molecule has 1 aliphatic heterocycles. The molecule has 19 heavy (non-hydrogen) atoms. The van der Waals surface area contributed by atoms with Crippen LogP contribution in [0, 0.1) is 0 Å². The summed E-state index contributed by atoms with van der Waals surface area (Å²) in [5.74, 6) is 0. The molecule has 0 amide bonds. The predicted octanol–water partition coefficient (Wildman–Crippen LogP) is 1.67. The molecule has 0 radical (unpaired) electrons. The van der Waals surface area contributed by atoms with E-state index in [-0.39, 0.29) is 12.1 Å². The first-order chi connectivity index (χ1) is 9.16. The largest absolute Gasteiger partial charge is 0.387 e. The van der Waals surface area contributed by atoms with Crippen molar-refractivity contribution < 1.29 is 5.11 Å². The van der Waals surface area contributed by atoms with E-state index in [0.29, 0.717) is 6.04 Å². The topological polar surface area (TPSA) is 26.7 Å². The van der Waals surface area contributed by atoms with Crippen LogP contribution in [-0.4, -0.2) is 54.2 Å². The van der Waals surface area contributed by atoms with E-state index < -0.39 is 0 Å². The van der Waals surface area contributed by atoms with E-state index in [0.717, 1.165) is 25.1 Å². The number of aliphatic hydroxyl groups is 1. The number of rotatable bonds is 3. The average molecular weight is 260 g/mol. The maximum absolute atomic E-state index is 10.6. The van der Waals surface area contributed by atoms with Gasteiger partial charge in [0.15, 0.2) is 0 Å². The van der Waals surface area contributed by atoms with Crippen LogP contribution in [-0.2, 0) is 6.42 Å². The monoisotopic (exact) mass is 260 g/mol. The first-order valence-electron chi connectivity index (χ1n) is 7.33. The van der Waals surface area contributed by atoms with Gasteiger partial charge in [0.1, 0.15) is 0 Å². The lowest BCUT2D eigenvalue weighted by atomic mass is 10.1. The molecule has 3 rings (SSSR count). The molecule has 1 N–H and O–H groups in total. The van der Waals surface area contributed by atoms with Gasteiger partial charge in [0.25, 0.3) is 0 Å². The van der Waals surface area contributed by atoms with Gasteiger partial charge >= 0.3 is 0 Å². The van der Waals surface area contributed by atoms with Crippen molar-refractivity contribution in [2.75, 3.05) is 27.2 Å². The van der Waals surface area contributed by atoms with Crippen LogP contribution in [0.2, 0.25) is 0 Å². The van der Waals surface area contributed by atoms with Crippen LogP contribution in [0.25, 0.3) is 0 Å². The summed E-state index contributed by atoms with van der Waals surface area (Å²) in [6.07, 6.45) is 3.22. The van der Waals surface area contributed by atoms with Gasteiger partial charge in [0.2, 0.25) is 0 Å². The molecule has 0 saturated carbocycles. The van der Waals surface area contributed by atoms with E-state index in [9.17, 15) is 5.11 Å². The molecular formula is C16H24N2O. The second-order valence-electron chi connectivity index (χ2n) is 6.21. The second kappa shape index (κ2) is 5.23. The Labute approximate surface area is 115 Å². The summed E-state index contributed by atoms with van der Waals surface area (Å²) in [6, 6.07) is 9.24. The van der Waals surface area contributed by atoms with Gasteiger partial charge in [-0.3, -0.25) is 4.90 Å². The molecule has 3 atom stereocenters. The minimum atomic E-state index is -0.307. The minimum absolute atomic E-state index is 0.282. The maximum Gasteiger partial charge on any atom is 0.0951 e. The molecule has 0 aromatic heterocycles. The molecule has 1 aromatic rings. The normalized spacial score (nSPS) is 31.1. The first kappa shape index (κ1) is 13.1. The van der Waals surface area contributed by atoms with Gasteiger partial charge in [-0.25, -0.2) is 0 Å². The van der Waals surface area contributed by atoms with Gasteiger partial charge in [0.05, 0.1) is 6.10 Å². The molecule has 3 heteroatoms. The first-order valence-corrected chi connectivity index (χ1v) is 7.33. The molecule has 1 heterocycles. The zero-order valence-electron chi connectivity index (χ0n) is 11.9. The lowest BCUT2D eigenvalue weighted by Gasteiger charge is -2.34. The van der Waals surface area contributed by atoms with Gasteiger partial charge < -0.3 is 10.0 Å². The standard InChI is InChI=1S/C16H24N2O/c1-17(2)11-13-7-5-9-18(13)15-10-12-6-3-4-8-14(12)16(15)19/h3-4,6,8,13,15-16,19H,5,7,9-11H2,1-2H3. The smallest absolute Gasteiger partial charge is 0.0951 e. The number of fused-ring (bicyclic) bond motifs is 1. The number of hydrogen-bond donors (Lipinski definition) is 1. The third-order valence-electron chi connectivity index (χ3n) is 4.59. The Kier molecular flexibility index (Phi) is 3.61. The molecule has 1 saturated heterocycles. The van der Waals surface area contributed by atoms with E-state index in [1.54, 1.807) is 0 Å². The molecule has 0 spiro atoms. The van der Waals surface area contributed by atoms with Gasteiger partial charge in [-0.2, -0.15) is 0 Å². The number of benzene rings is 1. The van der Waals surface area contributed by atoms with E-state index in [4.69, 9.17) is 0 Å². The fraction of sp³-hybridized carbons (Fsp3) is 0.625. The van der Waals surface area contributed by atoms with Crippen LogP contribution in [0.3, 0.4) is 0 Å². The molecular weight excluding hydrogens is 236 g/mol. The molecule has 0 bridgehead atoms. The third-order valence-corrected chi connectivity index (χ3v) is 4.59. The van der Waals surface area contributed by atoms with Crippen molar-refractivity contribution in [2.24, 2.45) is 0 Å².